The first-order valence-corrected chi connectivity index (χ1v) is 10.2. The van der Waals surface area contributed by atoms with Crippen molar-refractivity contribution in [2.45, 2.75) is 17.7 Å². The summed E-state index contributed by atoms with van der Waals surface area (Å²) in [4.78, 5) is -0.0424. The van der Waals surface area contributed by atoms with E-state index in [0.717, 1.165) is 29.4 Å². The van der Waals surface area contributed by atoms with Gasteiger partial charge < -0.3 is 9.47 Å². The van der Waals surface area contributed by atoms with E-state index < -0.39 is 9.05 Å². The quantitative estimate of drug-likeness (QED) is 0.654. The summed E-state index contributed by atoms with van der Waals surface area (Å²) in [6.07, 6.45) is 1.66. The lowest BCUT2D eigenvalue weighted by Gasteiger charge is -2.04. The van der Waals surface area contributed by atoms with Gasteiger partial charge in [0.25, 0.3) is 9.05 Å². The van der Waals surface area contributed by atoms with Crippen LogP contribution in [0.5, 0.6) is 11.5 Å². The third-order valence-corrected chi connectivity index (χ3v) is 5.41. The minimum Gasteiger partial charge on any atom is -0.493 e. The Hall–Kier alpha value is -1.14. The van der Waals surface area contributed by atoms with Crippen molar-refractivity contribution >= 4 is 42.9 Å². The maximum Gasteiger partial charge on any atom is 0.265 e. The topological polar surface area (TPSA) is 52.6 Å². The number of hydrogen-bond donors (Lipinski definition) is 0. The Balaban J connectivity index is 0.000000149. The monoisotopic (exact) mass is 406 g/mol. The molecular formula is C16H13Cl3O4S. The molecule has 2 aromatic rings. The molecule has 0 spiro atoms. The second-order valence-electron chi connectivity index (χ2n) is 5.28. The second kappa shape index (κ2) is 7.00. The van der Waals surface area contributed by atoms with Crippen molar-refractivity contribution in [2.24, 2.45) is 0 Å². The average Bonchev–Trinajstić information content (AvgIpc) is 3.13. The SMILES string of the molecule is Clc1ccc2c(c1)CCO2.O=S(=O)(Cl)c1cc(Cl)cc2c1OCC2. The normalized spacial score (nSPS) is 14.8. The summed E-state index contributed by atoms with van der Waals surface area (Å²) < 4.78 is 32.8. The molecule has 128 valence electrons. The van der Waals surface area contributed by atoms with E-state index in [9.17, 15) is 8.42 Å². The van der Waals surface area contributed by atoms with Crippen molar-refractivity contribution in [3.05, 3.63) is 51.5 Å². The van der Waals surface area contributed by atoms with Crippen LogP contribution in [0.2, 0.25) is 10.0 Å². The van der Waals surface area contributed by atoms with Crippen LogP contribution in [0, 0.1) is 0 Å². The second-order valence-corrected chi connectivity index (χ2v) is 8.69. The van der Waals surface area contributed by atoms with E-state index >= 15 is 0 Å². The summed E-state index contributed by atoms with van der Waals surface area (Å²) in [6.45, 7) is 1.27. The molecule has 8 heteroatoms. The molecule has 0 aliphatic carbocycles. The molecule has 0 fully saturated rings. The van der Waals surface area contributed by atoms with Gasteiger partial charge in [-0.05, 0) is 35.9 Å². The Morgan fingerprint density at radius 2 is 1.54 bits per heavy atom. The van der Waals surface area contributed by atoms with E-state index in [4.69, 9.17) is 43.4 Å². The van der Waals surface area contributed by atoms with Crippen LogP contribution in [0.15, 0.2) is 35.2 Å². The van der Waals surface area contributed by atoms with Crippen LogP contribution >= 0.6 is 33.9 Å². The van der Waals surface area contributed by atoms with Crippen LogP contribution in [0.1, 0.15) is 11.1 Å². The van der Waals surface area contributed by atoms with Crippen LogP contribution in [-0.4, -0.2) is 21.6 Å². The molecule has 24 heavy (non-hydrogen) atoms. The van der Waals surface area contributed by atoms with Gasteiger partial charge in [0.05, 0.1) is 13.2 Å². The molecule has 2 aliphatic heterocycles. The van der Waals surface area contributed by atoms with Gasteiger partial charge in [0.2, 0.25) is 0 Å². The fourth-order valence-corrected chi connectivity index (χ4v) is 4.09. The summed E-state index contributed by atoms with van der Waals surface area (Å²) in [6, 6.07) is 8.73. The van der Waals surface area contributed by atoms with Gasteiger partial charge in [0.1, 0.15) is 16.4 Å². The van der Waals surface area contributed by atoms with Crippen LogP contribution in [0.4, 0.5) is 0 Å². The van der Waals surface area contributed by atoms with Gasteiger partial charge in [-0.25, -0.2) is 8.42 Å². The van der Waals surface area contributed by atoms with Crippen LogP contribution in [-0.2, 0) is 21.9 Å². The van der Waals surface area contributed by atoms with Crippen molar-refractivity contribution in [2.75, 3.05) is 13.2 Å². The van der Waals surface area contributed by atoms with Crippen molar-refractivity contribution in [3.8, 4) is 11.5 Å². The van der Waals surface area contributed by atoms with Gasteiger partial charge >= 0.3 is 0 Å². The van der Waals surface area contributed by atoms with Gasteiger partial charge in [-0.1, -0.05) is 23.2 Å². The van der Waals surface area contributed by atoms with E-state index in [2.05, 4.69) is 0 Å². The van der Waals surface area contributed by atoms with E-state index in [0.29, 0.717) is 23.8 Å². The number of halogens is 3. The van der Waals surface area contributed by atoms with E-state index in [1.54, 1.807) is 6.07 Å². The maximum absolute atomic E-state index is 11.2. The summed E-state index contributed by atoms with van der Waals surface area (Å²) in [5.41, 5.74) is 2.02. The predicted octanol–water partition coefficient (Wildman–Crippen LogP) is 4.48. The fraction of sp³-hybridized carbons (Fsp3) is 0.250. The first-order valence-electron chi connectivity index (χ1n) is 7.16. The molecule has 0 unspecified atom stereocenters. The molecule has 2 aromatic carbocycles. The summed E-state index contributed by atoms with van der Waals surface area (Å²) in [5, 5.41) is 1.15. The first kappa shape index (κ1) is 17.7. The van der Waals surface area contributed by atoms with Gasteiger partial charge in [0.15, 0.2) is 0 Å². The molecule has 0 radical (unpaired) electrons. The zero-order valence-electron chi connectivity index (χ0n) is 12.4. The molecule has 0 bridgehead atoms. The van der Waals surface area contributed by atoms with Crippen LogP contribution < -0.4 is 9.47 Å². The van der Waals surface area contributed by atoms with Crippen LogP contribution in [0.25, 0.3) is 0 Å². The molecule has 0 saturated carbocycles. The molecule has 4 nitrogen and oxygen atoms in total. The Bertz CT molecular complexity index is 881. The zero-order valence-corrected chi connectivity index (χ0v) is 15.5. The minimum atomic E-state index is -3.79. The Morgan fingerprint density at radius 3 is 2.29 bits per heavy atom. The zero-order chi connectivity index (χ0) is 17.3. The molecule has 2 aliphatic rings. The fourth-order valence-electron chi connectivity index (χ4n) is 2.57. The molecule has 0 amide bonds. The highest BCUT2D eigenvalue weighted by Gasteiger charge is 2.24. The van der Waals surface area contributed by atoms with Gasteiger partial charge in [-0.2, -0.15) is 0 Å². The molecular weight excluding hydrogens is 395 g/mol. The number of ether oxygens (including phenoxy) is 2. The number of fused-ring (bicyclic) bond motifs is 2. The summed E-state index contributed by atoms with van der Waals surface area (Å²) in [7, 11) is 1.46. The lowest BCUT2D eigenvalue weighted by molar-refractivity contribution is 0.349. The Labute approximate surface area is 154 Å². The van der Waals surface area contributed by atoms with Gasteiger partial charge in [-0.15, -0.1) is 0 Å². The number of hydrogen-bond acceptors (Lipinski definition) is 4. The van der Waals surface area contributed by atoms with Crippen molar-refractivity contribution < 1.29 is 17.9 Å². The molecule has 0 aromatic heterocycles. The highest BCUT2D eigenvalue weighted by atomic mass is 35.7. The van der Waals surface area contributed by atoms with Crippen molar-refractivity contribution in [1.82, 2.24) is 0 Å². The first-order chi connectivity index (χ1) is 11.3. The largest absolute Gasteiger partial charge is 0.493 e. The van der Waals surface area contributed by atoms with Crippen molar-refractivity contribution in [1.29, 1.82) is 0 Å². The lowest BCUT2D eigenvalue weighted by Crippen LogP contribution is -1.95. The Kier molecular flexibility index (Phi) is 5.16. The third kappa shape index (κ3) is 3.91. The van der Waals surface area contributed by atoms with Crippen molar-refractivity contribution in [3.63, 3.8) is 0 Å². The summed E-state index contributed by atoms with van der Waals surface area (Å²) in [5.74, 6) is 1.33. The molecule has 0 atom stereocenters. The van der Waals surface area contributed by atoms with Gasteiger partial charge in [-0.3, -0.25) is 0 Å². The van der Waals surface area contributed by atoms with Crippen LogP contribution in [0.3, 0.4) is 0 Å². The minimum absolute atomic E-state index is 0.0424. The average molecular weight is 408 g/mol. The Morgan fingerprint density at radius 1 is 0.875 bits per heavy atom. The molecule has 4 rings (SSSR count). The molecule has 0 N–H and O–H groups in total. The third-order valence-electron chi connectivity index (χ3n) is 3.63. The molecule has 0 saturated heterocycles. The number of benzene rings is 2. The highest BCUT2D eigenvalue weighted by Crippen LogP contribution is 2.37. The maximum atomic E-state index is 11.2. The standard InChI is InChI=1S/C8H6Cl2O3S.C8H7ClO/c9-6-3-5-1-2-13-8(5)7(4-6)14(10,11)12;9-7-1-2-8-6(5-7)3-4-10-8/h3-4H,1-2H2;1-2,5H,3-4H2. The van der Waals surface area contributed by atoms with Gasteiger partial charge in [0, 0.05) is 39.1 Å². The molecule has 2 heterocycles. The predicted molar refractivity (Wildman–Crippen MR) is 94.3 cm³/mol. The van der Waals surface area contributed by atoms with E-state index in [-0.39, 0.29) is 4.90 Å². The number of rotatable bonds is 1. The highest BCUT2D eigenvalue weighted by molar-refractivity contribution is 8.13. The van der Waals surface area contributed by atoms with E-state index in [1.807, 2.05) is 18.2 Å². The summed E-state index contributed by atoms with van der Waals surface area (Å²) >= 11 is 11.5. The van der Waals surface area contributed by atoms with E-state index in [1.165, 1.54) is 11.6 Å². The lowest BCUT2D eigenvalue weighted by atomic mass is 10.2. The smallest absolute Gasteiger partial charge is 0.265 e.